The van der Waals surface area contributed by atoms with Crippen LogP contribution in [0.1, 0.15) is 17.3 Å². The number of anilines is 1. The molecular formula is C11H16ClN3OS. The Labute approximate surface area is 111 Å². The zero-order valence-electron chi connectivity index (χ0n) is 10.1. The predicted octanol–water partition coefficient (Wildman–Crippen LogP) is 2.26. The SMILES string of the molecule is CNc1cc(C(=O)NC(C)CSC)c(Cl)cn1. The maximum atomic E-state index is 12.0. The molecule has 1 unspecified atom stereocenters. The van der Waals surface area contributed by atoms with E-state index in [1.165, 1.54) is 6.20 Å². The van der Waals surface area contributed by atoms with E-state index in [4.69, 9.17) is 11.6 Å². The van der Waals surface area contributed by atoms with Crippen LogP contribution in [0.5, 0.6) is 0 Å². The van der Waals surface area contributed by atoms with Gasteiger partial charge in [-0.25, -0.2) is 4.98 Å². The number of amides is 1. The van der Waals surface area contributed by atoms with Crippen molar-refractivity contribution in [1.29, 1.82) is 0 Å². The number of halogens is 1. The van der Waals surface area contributed by atoms with Gasteiger partial charge in [-0.1, -0.05) is 11.6 Å². The summed E-state index contributed by atoms with van der Waals surface area (Å²) in [5, 5.41) is 6.12. The average Bonchev–Trinajstić information content (AvgIpc) is 2.29. The summed E-state index contributed by atoms with van der Waals surface area (Å²) in [6.45, 7) is 1.96. The second kappa shape index (κ2) is 6.71. The Kier molecular flexibility index (Phi) is 5.58. The quantitative estimate of drug-likeness (QED) is 0.864. The van der Waals surface area contributed by atoms with E-state index in [-0.39, 0.29) is 11.9 Å². The number of hydrogen-bond acceptors (Lipinski definition) is 4. The van der Waals surface area contributed by atoms with Crippen molar-refractivity contribution in [2.45, 2.75) is 13.0 Å². The van der Waals surface area contributed by atoms with Gasteiger partial charge in [0.25, 0.3) is 5.91 Å². The van der Waals surface area contributed by atoms with Crippen molar-refractivity contribution < 1.29 is 4.79 Å². The second-order valence-electron chi connectivity index (χ2n) is 3.63. The highest BCUT2D eigenvalue weighted by molar-refractivity contribution is 7.98. The molecule has 0 saturated carbocycles. The summed E-state index contributed by atoms with van der Waals surface area (Å²) in [7, 11) is 1.74. The molecule has 94 valence electrons. The number of aromatic nitrogens is 1. The minimum Gasteiger partial charge on any atom is -0.373 e. The molecule has 1 aromatic heterocycles. The molecule has 0 fully saturated rings. The van der Waals surface area contributed by atoms with Gasteiger partial charge in [-0.2, -0.15) is 11.8 Å². The molecule has 4 nitrogen and oxygen atoms in total. The second-order valence-corrected chi connectivity index (χ2v) is 4.95. The average molecular weight is 274 g/mol. The van der Waals surface area contributed by atoms with Gasteiger partial charge in [0.1, 0.15) is 5.82 Å². The molecule has 1 aromatic rings. The van der Waals surface area contributed by atoms with E-state index in [1.54, 1.807) is 24.9 Å². The summed E-state index contributed by atoms with van der Waals surface area (Å²) in [5.41, 5.74) is 0.443. The van der Waals surface area contributed by atoms with Crippen molar-refractivity contribution in [1.82, 2.24) is 10.3 Å². The normalized spacial score (nSPS) is 12.0. The van der Waals surface area contributed by atoms with Crippen LogP contribution in [0.25, 0.3) is 0 Å². The summed E-state index contributed by atoms with van der Waals surface area (Å²) in [4.78, 5) is 16.0. The van der Waals surface area contributed by atoms with Crippen molar-refractivity contribution in [3.05, 3.63) is 22.8 Å². The Hall–Kier alpha value is -0.940. The minimum atomic E-state index is -0.171. The van der Waals surface area contributed by atoms with Crippen molar-refractivity contribution in [3.63, 3.8) is 0 Å². The van der Waals surface area contributed by atoms with Crippen LogP contribution in [0.4, 0.5) is 5.82 Å². The van der Waals surface area contributed by atoms with E-state index < -0.39 is 0 Å². The van der Waals surface area contributed by atoms with Crippen LogP contribution in [-0.4, -0.2) is 36.0 Å². The van der Waals surface area contributed by atoms with Crippen LogP contribution in [0.2, 0.25) is 5.02 Å². The summed E-state index contributed by atoms with van der Waals surface area (Å²) < 4.78 is 0. The third-order valence-corrected chi connectivity index (χ3v) is 3.28. The Balaban J connectivity index is 2.80. The standard InChI is InChI=1S/C11H16ClN3OS/c1-7(6-17-3)15-11(16)8-4-10(13-2)14-5-9(8)12/h4-5,7H,6H2,1-3H3,(H,13,14)(H,15,16). The third-order valence-electron chi connectivity index (χ3n) is 2.15. The van der Waals surface area contributed by atoms with Crippen LogP contribution < -0.4 is 10.6 Å². The molecule has 0 aliphatic rings. The van der Waals surface area contributed by atoms with Crippen molar-refractivity contribution in [2.24, 2.45) is 0 Å². The fraction of sp³-hybridized carbons (Fsp3) is 0.455. The van der Waals surface area contributed by atoms with Crippen LogP contribution >= 0.6 is 23.4 Å². The van der Waals surface area contributed by atoms with E-state index in [9.17, 15) is 4.79 Å². The van der Waals surface area contributed by atoms with E-state index in [0.717, 1.165) is 5.75 Å². The highest BCUT2D eigenvalue weighted by Crippen LogP contribution is 2.17. The number of hydrogen-bond donors (Lipinski definition) is 2. The van der Waals surface area contributed by atoms with E-state index in [1.807, 2.05) is 13.2 Å². The van der Waals surface area contributed by atoms with Crippen molar-refractivity contribution >= 4 is 35.1 Å². The van der Waals surface area contributed by atoms with Gasteiger partial charge in [0, 0.05) is 25.0 Å². The first kappa shape index (κ1) is 14.1. The molecule has 0 saturated heterocycles. The lowest BCUT2D eigenvalue weighted by molar-refractivity contribution is 0.0944. The van der Waals surface area contributed by atoms with Gasteiger partial charge in [0.2, 0.25) is 0 Å². The molecule has 0 spiro atoms. The topological polar surface area (TPSA) is 54.0 Å². The number of rotatable bonds is 5. The van der Waals surface area contributed by atoms with Gasteiger partial charge in [-0.15, -0.1) is 0 Å². The van der Waals surface area contributed by atoms with Crippen LogP contribution in [-0.2, 0) is 0 Å². The van der Waals surface area contributed by atoms with Crippen molar-refractivity contribution in [2.75, 3.05) is 24.4 Å². The Morgan fingerprint density at radius 2 is 2.35 bits per heavy atom. The van der Waals surface area contributed by atoms with Crippen LogP contribution in [0, 0.1) is 0 Å². The monoisotopic (exact) mass is 273 g/mol. The first-order valence-electron chi connectivity index (χ1n) is 5.21. The van der Waals surface area contributed by atoms with E-state index in [2.05, 4.69) is 15.6 Å². The first-order chi connectivity index (χ1) is 8.08. The number of thioether (sulfide) groups is 1. The predicted molar refractivity (Wildman–Crippen MR) is 74.1 cm³/mol. The molecular weight excluding hydrogens is 258 g/mol. The molecule has 1 amide bonds. The summed E-state index contributed by atoms with van der Waals surface area (Å²) >= 11 is 7.64. The number of pyridine rings is 1. The maximum absolute atomic E-state index is 12.0. The van der Waals surface area contributed by atoms with Crippen molar-refractivity contribution in [3.8, 4) is 0 Å². The zero-order valence-corrected chi connectivity index (χ0v) is 11.7. The lowest BCUT2D eigenvalue weighted by atomic mass is 10.2. The highest BCUT2D eigenvalue weighted by Gasteiger charge is 2.13. The molecule has 0 aromatic carbocycles. The van der Waals surface area contributed by atoms with Gasteiger partial charge < -0.3 is 10.6 Å². The van der Waals surface area contributed by atoms with Gasteiger partial charge in [0.05, 0.1) is 10.6 Å². The van der Waals surface area contributed by atoms with E-state index >= 15 is 0 Å². The molecule has 1 atom stereocenters. The van der Waals surface area contributed by atoms with Gasteiger partial charge in [0.15, 0.2) is 0 Å². The Morgan fingerprint density at radius 3 is 2.94 bits per heavy atom. The third kappa shape index (κ3) is 4.09. The fourth-order valence-electron chi connectivity index (χ4n) is 1.34. The van der Waals surface area contributed by atoms with Gasteiger partial charge >= 0.3 is 0 Å². The molecule has 0 radical (unpaired) electrons. The number of carbonyl (C=O) groups excluding carboxylic acids is 1. The number of nitrogens with zero attached hydrogens (tertiary/aromatic N) is 1. The zero-order chi connectivity index (χ0) is 12.8. The minimum absolute atomic E-state index is 0.111. The molecule has 0 bridgehead atoms. The number of nitrogens with one attached hydrogen (secondary N) is 2. The summed E-state index contributed by atoms with van der Waals surface area (Å²) in [6, 6.07) is 1.75. The largest absolute Gasteiger partial charge is 0.373 e. The van der Waals surface area contributed by atoms with Gasteiger partial charge in [-0.05, 0) is 19.2 Å². The molecule has 0 aliphatic carbocycles. The summed E-state index contributed by atoms with van der Waals surface area (Å²) in [6.07, 6.45) is 3.47. The van der Waals surface area contributed by atoms with E-state index in [0.29, 0.717) is 16.4 Å². The molecule has 1 heterocycles. The lowest BCUT2D eigenvalue weighted by Crippen LogP contribution is -2.34. The summed E-state index contributed by atoms with van der Waals surface area (Å²) in [5.74, 6) is 1.32. The Bertz CT molecular complexity index is 400. The number of carbonyl (C=O) groups is 1. The molecule has 2 N–H and O–H groups in total. The van der Waals surface area contributed by atoms with Crippen LogP contribution in [0.3, 0.4) is 0 Å². The molecule has 1 rings (SSSR count). The smallest absolute Gasteiger partial charge is 0.253 e. The molecule has 0 aliphatic heterocycles. The first-order valence-corrected chi connectivity index (χ1v) is 6.98. The molecule has 6 heteroatoms. The fourth-order valence-corrected chi connectivity index (χ4v) is 2.12. The van der Waals surface area contributed by atoms with Crippen LogP contribution in [0.15, 0.2) is 12.3 Å². The molecule has 17 heavy (non-hydrogen) atoms. The maximum Gasteiger partial charge on any atom is 0.253 e. The Morgan fingerprint density at radius 1 is 1.65 bits per heavy atom. The van der Waals surface area contributed by atoms with Gasteiger partial charge in [-0.3, -0.25) is 4.79 Å². The highest BCUT2D eigenvalue weighted by atomic mass is 35.5. The lowest BCUT2D eigenvalue weighted by Gasteiger charge is -2.13.